The molecule has 1 saturated carbocycles. The molecule has 0 unspecified atom stereocenters. The van der Waals surface area contributed by atoms with Crippen molar-refractivity contribution in [3.8, 4) is 0 Å². The average Bonchev–Trinajstić information content (AvgIpc) is 3.12. The number of rotatable bonds is 7. The molecular weight excluding hydrogens is 350 g/mol. The molecular formula is C20H29NO4S. The Bertz CT molecular complexity index is 621. The van der Waals surface area contributed by atoms with Crippen molar-refractivity contribution in [2.75, 3.05) is 6.61 Å². The van der Waals surface area contributed by atoms with Crippen LogP contribution in [0.1, 0.15) is 45.1 Å². The summed E-state index contributed by atoms with van der Waals surface area (Å²) in [6.07, 6.45) is 2.26. The van der Waals surface area contributed by atoms with E-state index in [4.69, 9.17) is 9.47 Å². The van der Waals surface area contributed by atoms with Gasteiger partial charge in [-0.1, -0.05) is 44.2 Å². The molecule has 0 aromatic heterocycles. The number of hydrogen-bond donors (Lipinski definition) is 1. The van der Waals surface area contributed by atoms with E-state index in [-0.39, 0.29) is 37.9 Å². The Morgan fingerprint density at radius 3 is 2.77 bits per heavy atom. The molecule has 144 valence electrons. The molecule has 1 aromatic rings. The van der Waals surface area contributed by atoms with Crippen LogP contribution < -0.4 is 5.32 Å². The van der Waals surface area contributed by atoms with Gasteiger partial charge in [-0.2, -0.15) is 13.5 Å². The first kappa shape index (κ1) is 20.9. The zero-order valence-corrected chi connectivity index (χ0v) is 16.5. The number of fused-ring (bicyclic) bond motifs is 1. The molecule has 1 N–H and O–H groups in total. The summed E-state index contributed by atoms with van der Waals surface area (Å²) in [5.41, 5.74) is 0.198. The minimum atomic E-state index is -0.831. The summed E-state index contributed by atoms with van der Waals surface area (Å²) >= 11 is 0. The van der Waals surface area contributed by atoms with Gasteiger partial charge in [-0.05, 0) is 37.2 Å². The van der Waals surface area contributed by atoms with Gasteiger partial charge in [0, 0.05) is 0 Å². The van der Waals surface area contributed by atoms with Crippen molar-refractivity contribution in [2.24, 2.45) is 5.92 Å². The van der Waals surface area contributed by atoms with Crippen LogP contribution in [-0.4, -0.2) is 36.0 Å². The Labute approximate surface area is 162 Å². The number of carbonyl (C=O) groups is 2. The van der Waals surface area contributed by atoms with E-state index in [2.05, 4.69) is 19.2 Å². The molecule has 0 radical (unpaired) electrons. The van der Waals surface area contributed by atoms with Gasteiger partial charge in [0.1, 0.15) is 18.2 Å². The fraction of sp³-hybridized carbons (Fsp3) is 0.600. The third-order valence-electron chi connectivity index (χ3n) is 5.12. The zero-order chi connectivity index (χ0) is 17.9. The summed E-state index contributed by atoms with van der Waals surface area (Å²) in [5, 5.41) is 3.01. The average molecular weight is 380 g/mol. The molecule has 26 heavy (non-hydrogen) atoms. The summed E-state index contributed by atoms with van der Waals surface area (Å²) in [7, 11) is 0. The van der Waals surface area contributed by atoms with Gasteiger partial charge in [-0.3, -0.25) is 9.59 Å². The first-order valence-corrected chi connectivity index (χ1v) is 9.14. The first-order chi connectivity index (χ1) is 12.0. The Morgan fingerprint density at radius 1 is 1.35 bits per heavy atom. The van der Waals surface area contributed by atoms with Crippen molar-refractivity contribution in [3.05, 3.63) is 35.9 Å². The third-order valence-corrected chi connectivity index (χ3v) is 5.12. The zero-order valence-electron chi connectivity index (χ0n) is 15.5. The molecule has 1 amide bonds. The largest absolute Gasteiger partial charge is 0.367 e. The highest BCUT2D eigenvalue weighted by Gasteiger charge is 2.55. The Balaban J connectivity index is 0.00000243. The van der Waals surface area contributed by atoms with Crippen molar-refractivity contribution >= 4 is 25.2 Å². The fourth-order valence-electron chi connectivity index (χ4n) is 3.79. The molecule has 0 bridgehead atoms. The van der Waals surface area contributed by atoms with Crippen LogP contribution in [0.4, 0.5) is 0 Å². The Kier molecular flexibility index (Phi) is 7.26. The maximum Gasteiger partial charge on any atom is 0.250 e. The summed E-state index contributed by atoms with van der Waals surface area (Å²) in [6, 6.07) is 9.81. The van der Waals surface area contributed by atoms with E-state index in [1.165, 1.54) is 0 Å². The van der Waals surface area contributed by atoms with Crippen molar-refractivity contribution in [1.82, 2.24) is 5.32 Å². The molecule has 3 rings (SSSR count). The van der Waals surface area contributed by atoms with E-state index < -0.39 is 11.6 Å². The van der Waals surface area contributed by atoms with Crippen molar-refractivity contribution in [1.29, 1.82) is 0 Å². The maximum atomic E-state index is 12.9. The molecule has 1 heterocycles. The SMILES string of the molecule is CC(C)C[C@H](OCc1ccccc1)C(=O)N[C@]12CCC[C@H]1OCC2=O.S. The van der Waals surface area contributed by atoms with Crippen molar-refractivity contribution < 1.29 is 19.1 Å². The van der Waals surface area contributed by atoms with E-state index in [0.717, 1.165) is 18.4 Å². The second-order valence-corrected chi connectivity index (χ2v) is 7.49. The number of amides is 1. The van der Waals surface area contributed by atoms with Crippen LogP contribution in [0.5, 0.6) is 0 Å². The number of ketones is 1. The minimum absolute atomic E-state index is 0. The van der Waals surface area contributed by atoms with Gasteiger partial charge in [0.2, 0.25) is 5.91 Å². The van der Waals surface area contributed by atoms with Crippen LogP contribution >= 0.6 is 13.5 Å². The van der Waals surface area contributed by atoms with Crippen LogP contribution in [0.15, 0.2) is 30.3 Å². The Morgan fingerprint density at radius 2 is 2.08 bits per heavy atom. The van der Waals surface area contributed by atoms with Gasteiger partial charge in [0.15, 0.2) is 5.78 Å². The lowest BCUT2D eigenvalue weighted by molar-refractivity contribution is -0.140. The van der Waals surface area contributed by atoms with Gasteiger partial charge < -0.3 is 14.8 Å². The number of benzene rings is 1. The highest BCUT2D eigenvalue weighted by molar-refractivity contribution is 7.59. The second kappa shape index (κ2) is 9.02. The number of nitrogens with one attached hydrogen (secondary N) is 1. The van der Waals surface area contributed by atoms with E-state index in [1.54, 1.807) is 0 Å². The summed E-state index contributed by atoms with van der Waals surface area (Å²) in [6.45, 7) is 4.61. The Hall–Kier alpha value is -1.37. The quantitative estimate of drug-likeness (QED) is 0.791. The monoisotopic (exact) mass is 379 g/mol. The van der Waals surface area contributed by atoms with Gasteiger partial charge in [0.25, 0.3) is 0 Å². The lowest BCUT2D eigenvalue weighted by Gasteiger charge is -2.30. The lowest BCUT2D eigenvalue weighted by atomic mass is 9.91. The van der Waals surface area contributed by atoms with Gasteiger partial charge in [-0.25, -0.2) is 0 Å². The van der Waals surface area contributed by atoms with E-state index in [1.807, 2.05) is 30.3 Å². The third kappa shape index (κ3) is 4.48. The van der Waals surface area contributed by atoms with Crippen LogP contribution in [0, 0.1) is 5.92 Å². The van der Waals surface area contributed by atoms with E-state index >= 15 is 0 Å². The number of Topliss-reactive ketones (excluding diaryl/α,β-unsaturated/α-hetero) is 1. The first-order valence-electron chi connectivity index (χ1n) is 9.14. The summed E-state index contributed by atoms with van der Waals surface area (Å²) in [4.78, 5) is 25.3. The van der Waals surface area contributed by atoms with Crippen LogP contribution in [0.25, 0.3) is 0 Å². The molecule has 6 heteroatoms. The number of ether oxygens (including phenoxy) is 2. The highest BCUT2D eigenvalue weighted by atomic mass is 32.1. The fourth-order valence-corrected chi connectivity index (χ4v) is 3.79. The smallest absolute Gasteiger partial charge is 0.250 e. The molecule has 1 saturated heterocycles. The van der Waals surface area contributed by atoms with Gasteiger partial charge >= 0.3 is 0 Å². The van der Waals surface area contributed by atoms with Crippen LogP contribution in [-0.2, 0) is 25.7 Å². The molecule has 0 spiro atoms. The minimum Gasteiger partial charge on any atom is -0.367 e. The van der Waals surface area contributed by atoms with Gasteiger partial charge in [0.05, 0.1) is 12.7 Å². The molecule has 1 aromatic carbocycles. The maximum absolute atomic E-state index is 12.9. The summed E-state index contributed by atoms with van der Waals surface area (Å²) in [5.74, 6) is 0.115. The molecule has 2 aliphatic rings. The topological polar surface area (TPSA) is 64.6 Å². The molecule has 5 nitrogen and oxygen atoms in total. The predicted molar refractivity (Wildman–Crippen MR) is 104 cm³/mol. The molecule has 1 aliphatic carbocycles. The normalized spacial score (nSPS) is 25.7. The molecule has 2 fully saturated rings. The van der Waals surface area contributed by atoms with Crippen molar-refractivity contribution in [3.63, 3.8) is 0 Å². The van der Waals surface area contributed by atoms with E-state index in [0.29, 0.717) is 25.4 Å². The predicted octanol–water partition coefficient (Wildman–Crippen LogP) is 2.74. The van der Waals surface area contributed by atoms with Crippen LogP contribution in [0.3, 0.4) is 0 Å². The second-order valence-electron chi connectivity index (χ2n) is 7.49. The van der Waals surface area contributed by atoms with Gasteiger partial charge in [-0.15, -0.1) is 0 Å². The standard InChI is InChI=1S/C20H27NO4.H2S/c1-14(2)11-16(24-12-15-7-4-3-5-8-15)19(23)21-20-10-6-9-18(20)25-13-17(20)22;/h3-5,7-8,14,16,18H,6,9-13H2,1-2H3,(H,21,23);1H2/t16-,18+,20-;/m0./s1. The lowest BCUT2D eigenvalue weighted by Crippen LogP contribution is -2.58. The highest BCUT2D eigenvalue weighted by Crippen LogP contribution is 2.38. The van der Waals surface area contributed by atoms with E-state index in [9.17, 15) is 9.59 Å². The number of hydrogen-bond acceptors (Lipinski definition) is 4. The summed E-state index contributed by atoms with van der Waals surface area (Å²) < 4.78 is 11.5. The van der Waals surface area contributed by atoms with Crippen LogP contribution in [0.2, 0.25) is 0 Å². The number of carbonyl (C=O) groups excluding carboxylic acids is 2. The van der Waals surface area contributed by atoms with Crippen molar-refractivity contribution in [2.45, 2.75) is 63.9 Å². The molecule has 1 aliphatic heterocycles. The molecule has 3 atom stereocenters.